The van der Waals surface area contributed by atoms with E-state index in [0.717, 1.165) is 43.5 Å². The van der Waals surface area contributed by atoms with Gasteiger partial charge in [0.05, 0.1) is 5.54 Å². The Morgan fingerprint density at radius 2 is 2.30 bits per heavy atom. The summed E-state index contributed by atoms with van der Waals surface area (Å²) >= 11 is 5.91. The molecule has 1 aliphatic heterocycles. The third-order valence-electron chi connectivity index (χ3n) is 5.88. The van der Waals surface area contributed by atoms with Gasteiger partial charge in [0, 0.05) is 18.3 Å². The van der Waals surface area contributed by atoms with Crippen molar-refractivity contribution < 1.29 is 4.79 Å². The Bertz CT molecular complexity index is 754. The highest BCUT2D eigenvalue weighted by Crippen LogP contribution is 2.56. The molecular weight excluding hydrogens is 312 g/mol. The molecule has 4 nitrogen and oxygen atoms in total. The summed E-state index contributed by atoms with van der Waals surface area (Å²) in [5, 5.41) is 0. The number of H-pyrrole nitrogens is 1. The molecule has 23 heavy (non-hydrogen) atoms. The zero-order valence-corrected chi connectivity index (χ0v) is 14.0. The Labute approximate surface area is 140 Å². The highest BCUT2D eigenvalue weighted by molar-refractivity contribution is 6.27. The first-order chi connectivity index (χ1) is 11.1. The van der Waals surface area contributed by atoms with E-state index >= 15 is 0 Å². The third kappa shape index (κ3) is 2.04. The molecule has 1 fully saturated rings. The van der Waals surface area contributed by atoms with E-state index in [-0.39, 0.29) is 22.9 Å². The summed E-state index contributed by atoms with van der Waals surface area (Å²) in [5.74, 6) is 0.829. The van der Waals surface area contributed by atoms with Gasteiger partial charge in [-0.05, 0) is 56.1 Å². The second kappa shape index (κ2) is 5.23. The van der Waals surface area contributed by atoms with Crippen molar-refractivity contribution in [2.45, 2.75) is 38.1 Å². The van der Waals surface area contributed by atoms with Crippen LogP contribution in [0.5, 0.6) is 0 Å². The molecule has 122 valence electrons. The number of alkyl halides is 1. The zero-order chi connectivity index (χ0) is 16.2. The maximum atomic E-state index is 12.6. The average molecular weight is 333 g/mol. The number of hydrogen-bond donors (Lipinski definition) is 1. The van der Waals surface area contributed by atoms with Crippen molar-refractivity contribution in [1.29, 1.82) is 0 Å². The molecule has 1 aromatic heterocycles. The predicted octanol–water partition coefficient (Wildman–Crippen LogP) is 2.57. The molecule has 1 N–H and O–H groups in total. The molecule has 0 aromatic carbocycles. The minimum Gasteiger partial charge on any atom is -0.331 e. The number of amides is 1. The van der Waals surface area contributed by atoms with Gasteiger partial charge in [-0.2, -0.15) is 0 Å². The average Bonchev–Trinajstić information content (AvgIpc) is 2.52. The Hall–Kier alpha value is -1.55. The summed E-state index contributed by atoms with van der Waals surface area (Å²) in [5.41, 5.74) is 3.06. The first-order valence-corrected chi connectivity index (χ1v) is 8.86. The predicted molar refractivity (Wildman–Crippen MR) is 89.5 cm³/mol. The van der Waals surface area contributed by atoms with Crippen LogP contribution in [0.2, 0.25) is 0 Å². The fraction of sp³-hybridized carbons (Fsp3) is 0.556. The molecule has 0 unspecified atom stereocenters. The fourth-order valence-electron chi connectivity index (χ4n) is 5.25. The summed E-state index contributed by atoms with van der Waals surface area (Å²) < 4.78 is 0. The maximum absolute atomic E-state index is 12.6. The van der Waals surface area contributed by atoms with Crippen LogP contribution in [0, 0.1) is 11.8 Å². The second-order valence-corrected chi connectivity index (χ2v) is 7.39. The number of likely N-dealkylation sites (tertiary alicyclic amines) is 1. The van der Waals surface area contributed by atoms with Crippen molar-refractivity contribution in [2.24, 2.45) is 11.8 Å². The topological polar surface area (TPSA) is 53.2 Å². The first kappa shape index (κ1) is 15.0. The molecule has 0 radical (unpaired) electrons. The number of hydrogen-bond acceptors (Lipinski definition) is 2. The Morgan fingerprint density at radius 3 is 3.09 bits per heavy atom. The molecule has 4 rings (SSSR count). The van der Waals surface area contributed by atoms with Gasteiger partial charge in [-0.3, -0.25) is 9.59 Å². The standard InChI is InChI=1S/C18H21ClN2O2/c1-11-7-12-8-15-14(4-5-16(22)20-15)18(9-11)13(12)3-2-6-21(18)17(23)10-19/h4-5,7,12-13H,2-3,6,8-10H2,1H3,(H,20,22)/t12-,13-,18+/m1/s1. The summed E-state index contributed by atoms with van der Waals surface area (Å²) in [6.45, 7) is 2.90. The van der Waals surface area contributed by atoms with Gasteiger partial charge in [0.1, 0.15) is 5.88 Å². The Morgan fingerprint density at radius 1 is 1.48 bits per heavy atom. The lowest BCUT2D eigenvalue weighted by atomic mass is 9.56. The van der Waals surface area contributed by atoms with Gasteiger partial charge >= 0.3 is 0 Å². The number of carbonyl (C=O) groups excluding carboxylic acids is 1. The highest BCUT2D eigenvalue weighted by atomic mass is 35.5. The molecule has 2 bridgehead atoms. The number of rotatable bonds is 1. The SMILES string of the molecule is CC1=C[C@@H]2Cc3[nH]c(=O)ccc3[C@]3(C1)[C@@H]2CCCN3C(=O)CCl. The smallest absolute Gasteiger partial charge is 0.248 e. The number of nitrogens with one attached hydrogen (secondary N) is 1. The van der Waals surface area contributed by atoms with E-state index in [1.54, 1.807) is 6.07 Å². The van der Waals surface area contributed by atoms with Crippen molar-refractivity contribution >= 4 is 17.5 Å². The van der Waals surface area contributed by atoms with Crippen LogP contribution in [0.1, 0.15) is 37.4 Å². The quantitative estimate of drug-likeness (QED) is 0.635. The van der Waals surface area contributed by atoms with Crippen LogP contribution in [-0.2, 0) is 16.8 Å². The van der Waals surface area contributed by atoms with Gasteiger partial charge in [0.2, 0.25) is 11.5 Å². The summed E-state index contributed by atoms with van der Waals surface area (Å²) in [6, 6.07) is 3.53. The lowest BCUT2D eigenvalue weighted by Crippen LogP contribution is -2.62. The minimum atomic E-state index is -0.328. The largest absolute Gasteiger partial charge is 0.331 e. The van der Waals surface area contributed by atoms with E-state index in [1.807, 2.05) is 11.0 Å². The number of nitrogens with zero attached hydrogens (tertiary/aromatic N) is 1. The Balaban J connectivity index is 1.97. The van der Waals surface area contributed by atoms with E-state index in [9.17, 15) is 9.59 Å². The van der Waals surface area contributed by atoms with Crippen molar-refractivity contribution in [2.75, 3.05) is 12.4 Å². The van der Waals surface area contributed by atoms with Crippen molar-refractivity contribution in [3.63, 3.8) is 0 Å². The number of halogens is 1. The number of pyridine rings is 1. The van der Waals surface area contributed by atoms with E-state index in [4.69, 9.17) is 11.6 Å². The lowest BCUT2D eigenvalue weighted by Gasteiger charge is -2.59. The van der Waals surface area contributed by atoms with E-state index in [0.29, 0.717) is 11.8 Å². The first-order valence-electron chi connectivity index (χ1n) is 8.32. The summed E-state index contributed by atoms with van der Waals surface area (Å²) in [7, 11) is 0. The van der Waals surface area contributed by atoms with Crippen LogP contribution in [0.25, 0.3) is 0 Å². The zero-order valence-electron chi connectivity index (χ0n) is 13.3. The van der Waals surface area contributed by atoms with Crippen molar-refractivity contribution in [1.82, 2.24) is 9.88 Å². The molecule has 3 atom stereocenters. The van der Waals surface area contributed by atoms with Gasteiger partial charge < -0.3 is 9.88 Å². The van der Waals surface area contributed by atoms with Gasteiger partial charge in [-0.15, -0.1) is 11.6 Å². The monoisotopic (exact) mass is 332 g/mol. The summed E-state index contributed by atoms with van der Waals surface area (Å²) in [4.78, 5) is 29.4. The van der Waals surface area contributed by atoms with E-state index < -0.39 is 0 Å². The van der Waals surface area contributed by atoms with E-state index in [2.05, 4.69) is 18.0 Å². The molecule has 1 saturated heterocycles. The minimum absolute atomic E-state index is 0.00358. The molecule has 0 spiro atoms. The number of aromatic amines is 1. The third-order valence-corrected chi connectivity index (χ3v) is 6.11. The molecular formula is C18H21ClN2O2. The van der Waals surface area contributed by atoms with Gasteiger partial charge in [-0.25, -0.2) is 0 Å². The van der Waals surface area contributed by atoms with Crippen LogP contribution >= 0.6 is 11.6 Å². The van der Waals surface area contributed by atoms with Crippen LogP contribution in [0.4, 0.5) is 0 Å². The number of piperidine rings is 1. The molecule has 3 aliphatic rings. The number of aromatic nitrogens is 1. The van der Waals surface area contributed by atoms with Crippen LogP contribution in [-0.4, -0.2) is 28.2 Å². The van der Waals surface area contributed by atoms with Gasteiger partial charge in [-0.1, -0.05) is 11.6 Å². The molecule has 1 aromatic rings. The maximum Gasteiger partial charge on any atom is 0.248 e. The summed E-state index contributed by atoms with van der Waals surface area (Å²) in [6.07, 6.45) is 6.20. The molecule has 1 amide bonds. The van der Waals surface area contributed by atoms with Crippen LogP contribution in [0.15, 0.2) is 28.6 Å². The second-order valence-electron chi connectivity index (χ2n) is 7.12. The van der Waals surface area contributed by atoms with Crippen LogP contribution in [0.3, 0.4) is 0 Å². The molecule has 0 saturated carbocycles. The number of allylic oxidation sites excluding steroid dienone is 1. The normalized spacial score (nSPS) is 31.9. The highest BCUT2D eigenvalue weighted by Gasteiger charge is 2.56. The van der Waals surface area contributed by atoms with E-state index in [1.165, 1.54) is 5.57 Å². The van der Waals surface area contributed by atoms with Crippen molar-refractivity contribution in [3.8, 4) is 0 Å². The molecule has 2 heterocycles. The molecule has 2 aliphatic carbocycles. The fourth-order valence-corrected chi connectivity index (χ4v) is 5.39. The van der Waals surface area contributed by atoms with Crippen molar-refractivity contribution in [3.05, 3.63) is 45.4 Å². The lowest BCUT2D eigenvalue weighted by molar-refractivity contribution is -0.145. The number of fused-ring (bicyclic) bond motifs is 1. The van der Waals surface area contributed by atoms with Gasteiger partial charge in [0.25, 0.3) is 0 Å². The van der Waals surface area contributed by atoms with Crippen LogP contribution < -0.4 is 5.56 Å². The number of carbonyl (C=O) groups is 1. The van der Waals surface area contributed by atoms with Gasteiger partial charge in [0.15, 0.2) is 0 Å². The Kier molecular flexibility index (Phi) is 3.41. The molecule has 5 heteroatoms.